The number of ketones is 2. The van der Waals surface area contributed by atoms with E-state index in [0.717, 1.165) is 6.08 Å². The second-order valence-electron chi connectivity index (χ2n) is 4.43. The fraction of sp³-hybridized carbons (Fsp3) is 0.200. The van der Waals surface area contributed by atoms with Crippen LogP contribution in [0.1, 0.15) is 5.56 Å². The molecule has 4 heteroatoms. The van der Waals surface area contributed by atoms with Gasteiger partial charge >= 0.3 is 0 Å². The van der Waals surface area contributed by atoms with Crippen LogP contribution < -0.4 is 0 Å². The van der Waals surface area contributed by atoms with Crippen molar-refractivity contribution in [3.63, 3.8) is 0 Å². The van der Waals surface area contributed by atoms with Gasteiger partial charge in [0.05, 0.1) is 0 Å². The average Bonchev–Trinajstić information content (AvgIpc) is 2.42. The van der Waals surface area contributed by atoms with Gasteiger partial charge in [-0.2, -0.15) is 0 Å². The minimum Gasteiger partial charge on any atom is -0.385 e. The third-order valence-corrected chi connectivity index (χ3v) is 3.03. The standard InChI is InChI=1S/C15H14O4/c16-12(10-11-6-2-1-3-7-11)14(18)15(19)9-5-4-8-13(15)17/h1-9,13,17,19H,10H2. The van der Waals surface area contributed by atoms with Crippen molar-refractivity contribution >= 4 is 11.6 Å². The van der Waals surface area contributed by atoms with Crippen molar-refractivity contribution in [2.45, 2.75) is 18.1 Å². The van der Waals surface area contributed by atoms with Crippen LogP contribution in [0.3, 0.4) is 0 Å². The Morgan fingerprint density at radius 2 is 1.84 bits per heavy atom. The highest BCUT2D eigenvalue weighted by Gasteiger charge is 2.43. The van der Waals surface area contributed by atoms with E-state index in [-0.39, 0.29) is 6.42 Å². The summed E-state index contributed by atoms with van der Waals surface area (Å²) in [7, 11) is 0. The van der Waals surface area contributed by atoms with Crippen molar-refractivity contribution in [1.29, 1.82) is 0 Å². The first-order valence-corrected chi connectivity index (χ1v) is 5.92. The topological polar surface area (TPSA) is 74.6 Å². The zero-order chi connectivity index (χ0) is 13.9. The van der Waals surface area contributed by atoms with Gasteiger partial charge in [-0.3, -0.25) is 9.59 Å². The van der Waals surface area contributed by atoms with E-state index < -0.39 is 23.3 Å². The van der Waals surface area contributed by atoms with Crippen molar-refractivity contribution in [1.82, 2.24) is 0 Å². The molecule has 2 unspecified atom stereocenters. The Kier molecular flexibility index (Phi) is 3.74. The Hall–Kier alpha value is -2.04. The number of aliphatic hydroxyl groups excluding tert-OH is 1. The van der Waals surface area contributed by atoms with Crippen LogP contribution in [0.5, 0.6) is 0 Å². The lowest BCUT2D eigenvalue weighted by molar-refractivity contribution is -0.150. The molecule has 0 radical (unpaired) electrons. The molecule has 0 fully saturated rings. The summed E-state index contributed by atoms with van der Waals surface area (Å²) in [6, 6.07) is 8.78. The molecule has 2 atom stereocenters. The quantitative estimate of drug-likeness (QED) is 0.775. The number of allylic oxidation sites excluding steroid dienone is 2. The van der Waals surface area contributed by atoms with Crippen molar-refractivity contribution in [3.8, 4) is 0 Å². The van der Waals surface area contributed by atoms with Gasteiger partial charge < -0.3 is 10.2 Å². The first kappa shape index (κ1) is 13.4. The molecule has 19 heavy (non-hydrogen) atoms. The molecule has 0 aliphatic heterocycles. The molecular formula is C15H14O4. The second kappa shape index (κ2) is 5.30. The summed E-state index contributed by atoms with van der Waals surface area (Å²) < 4.78 is 0. The SMILES string of the molecule is O=C(Cc1ccccc1)C(=O)C1(O)C=CC=CC1O. The normalized spacial score (nSPS) is 25.3. The van der Waals surface area contributed by atoms with Crippen LogP contribution in [-0.2, 0) is 16.0 Å². The number of carbonyl (C=O) groups is 2. The third-order valence-electron chi connectivity index (χ3n) is 3.03. The molecule has 2 N–H and O–H groups in total. The fourth-order valence-corrected chi connectivity index (χ4v) is 1.91. The summed E-state index contributed by atoms with van der Waals surface area (Å²) in [6.45, 7) is 0. The van der Waals surface area contributed by atoms with Crippen LogP contribution in [0.2, 0.25) is 0 Å². The molecule has 4 nitrogen and oxygen atoms in total. The van der Waals surface area contributed by atoms with E-state index >= 15 is 0 Å². The number of Topliss-reactive ketones (excluding diaryl/α,β-unsaturated/α-hetero) is 2. The van der Waals surface area contributed by atoms with Gasteiger partial charge in [-0.15, -0.1) is 0 Å². The number of hydrogen-bond acceptors (Lipinski definition) is 4. The van der Waals surface area contributed by atoms with Gasteiger partial charge in [0.15, 0.2) is 5.60 Å². The minimum absolute atomic E-state index is 0.0910. The zero-order valence-electron chi connectivity index (χ0n) is 10.2. The molecular weight excluding hydrogens is 244 g/mol. The van der Waals surface area contributed by atoms with E-state index in [4.69, 9.17) is 0 Å². The Balaban J connectivity index is 2.14. The molecule has 0 aromatic heterocycles. The molecule has 0 heterocycles. The highest BCUT2D eigenvalue weighted by Crippen LogP contribution is 2.20. The van der Waals surface area contributed by atoms with Crippen LogP contribution in [0, 0.1) is 0 Å². The van der Waals surface area contributed by atoms with Crippen molar-refractivity contribution in [2.75, 3.05) is 0 Å². The van der Waals surface area contributed by atoms with E-state index in [2.05, 4.69) is 0 Å². The van der Waals surface area contributed by atoms with Gasteiger partial charge in [0.2, 0.25) is 11.6 Å². The summed E-state index contributed by atoms with van der Waals surface area (Å²) >= 11 is 0. The number of benzene rings is 1. The first-order chi connectivity index (χ1) is 9.04. The molecule has 0 spiro atoms. The summed E-state index contributed by atoms with van der Waals surface area (Å²) in [6.07, 6.45) is 3.86. The lowest BCUT2D eigenvalue weighted by atomic mass is 9.85. The van der Waals surface area contributed by atoms with E-state index in [1.807, 2.05) is 6.07 Å². The molecule has 98 valence electrons. The average molecular weight is 258 g/mol. The maximum Gasteiger partial charge on any atom is 0.237 e. The molecule has 0 bridgehead atoms. The maximum atomic E-state index is 12.0. The monoisotopic (exact) mass is 258 g/mol. The summed E-state index contributed by atoms with van der Waals surface area (Å²) in [4.78, 5) is 23.9. The van der Waals surface area contributed by atoms with Gasteiger partial charge in [-0.25, -0.2) is 0 Å². The van der Waals surface area contributed by atoms with E-state index in [1.54, 1.807) is 24.3 Å². The summed E-state index contributed by atoms with van der Waals surface area (Å²) in [5.41, 5.74) is -1.46. The van der Waals surface area contributed by atoms with Crippen LogP contribution in [-0.4, -0.2) is 33.5 Å². The second-order valence-corrected chi connectivity index (χ2v) is 4.43. The number of rotatable bonds is 4. The van der Waals surface area contributed by atoms with Gasteiger partial charge in [0.1, 0.15) is 6.10 Å². The van der Waals surface area contributed by atoms with Gasteiger partial charge in [0.25, 0.3) is 0 Å². The molecule has 1 aromatic rings. The first-order valence-electron chi connectivity index (χ1n) is 5.92. The summed E-state index contributed by atoms with van der Waals surface area (Å²) in [5.74, 6) is -1.72. The van der Waals surface area contributed by atoms with Gasteiger partial charge in [0, 0.05) is 6.42 Å². The molecule has 1 aliphatic rings. The Morgan fingerprint density at radius 3 is 2.47 bits per heavy atom. The minimum atomic E-state index is -2.15. The smallest absolute Gasteiger partial charge is 0.237 e. The highest BCUT2D eigenvalue weighted by molar-refractivity contribution is 6.41. The van der Waals surface area contributed by atoms with Gasteiger partial charge in [-0.05, 0) is 11.6 Å². The number of carbonyl (C=O) groups excluding carboxylic acids is 2. The molecule has 1 aromatic carbocycles. The summed E-state index contributed by atoms with van der Waals surface area (Å²) in [5, 5.41) is 19.8. The number of hydrogen-bond donors (Lipinski definition) is 2. The van der Waals surface area contributed by atoms with Crippen LogP contribution in [0.25, 0.3) is 0 Å². The lowest BCUT2D eigenvalue weighted by Crippen LogP contribution is -2.51. The fourth-order valence-electron chi connectivity index (χ4n) is 1.91. The highest BCUT2D eigenvalue weighted by atomic mass is 16.3. The van der Waals surface area contributed by atoms with Crippen LogP contribution in [0.4, 0.5) is 0 Å². The van der Waals surface area contributed by atoms with E-state index in [1.165, 1.54) is 18.2 Å². The molecule has 0 amide bonds. The van der Waals surface area contributed by atoms with Crippen LogP contribution in [0.15, 0.2) is 54.6 Å². The molecule has 0 saturated carbocycles. The predicted octanol–water partition coefficient (Wildman–Crippen LogP) is 0.585. The maximum absolute atomic E-state index is 12.0. The largest absolute Gasteiger partial charge is 0.385 e. The van der Waals surface area contributed by atoms with Crippen molar-refractivity contribution in [2.24, 2.45) is 0 Å². The van der Waals surface area contributed by atoms with Crippen molar-refractivity contribution < 1.29 is 19.8 Å². The van der Waals surface area contributed by atoms with Crippen LogP contribution >= 0.6 is 0 Å². The predicted molar refractivity (Wildman–Crippen MR) is 69.4 cm³/mol. The number of aliphatic hydroxyl groups is 2. The molecule has 1 aliphatic carbocycles. The third kappa shape index (κ3) is 2.70. The van der Waals surface area contributed by atoms with Gasteiger partial charge in [-0.1, -0.05) is 48.6 Å². The van der Waals surface area contributed by atoms with E-state index in [0.29, 0.717) is 5.56 Å². The Morgan fingerprint density at radius 1 is 1.16 bits per heavy atom. The molecule has 2 rings (SSSR count). The zero-order valence-corrected chi connectivity index (χ0v) is 10.2. The van der Waals surface area contributed by atoms with Crippen molar-refractivity contribution in [3.05, 3.63) is 60.2 Å². The van der Waals surface area contributed by atoms with E-state index in [9.17, 15) is 19.8 Å². The Labute approximate surface area is 110 Å². The molecule has 0 saturated heterocycles. The lowest BCUT2D eigenvalue weighted by Gasteiger charge is -2.27. The Bertz CT molecular complexity index is 545.